The summed E-state index contributed by atoms with van der Waals surface area (Å²) in [6.45, 7) is 1.40. The Hall–Kier alpha value is -2.72. The molecule has 1 heterocycles. The van der Waals surface area contributed by atoms with Crippen molar-refractivity contribution >= 4 is 22.1 Å². The maximum atomic E-state index is 10.3. The molecule has 1 atom stereocenters. The highest BCUT2D eigenvalue weighted by Gasteiger charge is 2.26. The lowest BCUT2D eigenvalue weighted by molar-refractivity contribution is 0.175. The SMILES string of the molecule is Nc1cc2c(c3cccc(O)c13)N(CCc1ccccc1)CC(O)C2. The summed E-state index contributed by atoms with van der Waals surface area (Å²) in [5.41, 5.74) is 10.1. The number of hydrogen-bond donors (Lipinski definition) is 3. The van der Waals surface area contributed by atoms with Gasteiger partial charge in [-0.1, -0.05) is 42.5 Å². The molecule has 4 nitrogen and oxygen atoms in total. The van der Waals surface area contributed by atoms with Crippen molar-refractivity contribution in [2.75, 3.05) is 23.7 Å². The van der Waals surface area contributed by atoms with E-state index in [1.54, 1.807) is 6.07 Å². The van der Waals surface area contributed by atoms with E-state index in [0.29, 0.717) is 24.0 Å². The van der Waals surface area contributed by atoms with Crippen molar-refractivity contribution in [3.05, 3.63) is 65.7 Å². The Morgan fingerprint density at radius 3 is 2.68 bits per heavy atom. The highest BCUT2D eigenvalue weighted by molar-refractivity contribution is 6.06. The Balaban J connectivity index is 1.77. The Bertz CT molecular complexity index is 909. The first-order valence-electron chi connectivity index (χ1n) is 8.63. The Morgan fingerprint density at radius 1 is 1.08 bits per heavy atom. The number of fused-ring (bicyclic) bond motifs is 3. The maximum Gasteiger partial charge on any atom is 0.125 e. The van der Waals surface area contributed by atoms with E-state index < -0.39 is 6.10 Å². The molecular weight excluding hydrogens is 312 g/mol. The van der Waals surface area contributed by atoms with Gasteiger partial charge in [0.05, 0.1) is 6.10 Å². The molecule has 128 valence electrons. The Labute approximate surface area is 147 Å². The van der Waals surface area contributed by atoms with Gasteiger partial charge >= 0.3 is 0 Å². The molecular formula is C21H22N2O2. The zero-order valence-electron chi connectivity index (χ0n) is 14.0. The van der Waals surface area contributed by atoms with E-state index in [2.05, 4.69) is 17.0 Å². The summed E-state index contributed by atoms with van der Waals surface area (Å²) in [7, 11) is 0. The first kappa shape index (κ1) is 15.8. The van der Waals surface area contributed by atoms with E-state index in [4.69, 9.17) is 5.73 Å². The molecule has 1 aliphatic heterocycles. The lowest BCUT2D eigenvalue weighted by Gasteiger charge is -2.35. The molecule has 0 saturated carbocycles. The summed E-state index contributed by atoms with van der Waals surface area (Å²) in [4.78, 5) is 2.22. The second kappa shape index (κ2) is 6.30. The summed E-state index contributed by atoms with van der Waals surface area (Å²) in [6, 6.07) is 17.7. The number of benzene rings is 3. The average molecular weight is 334 g/mol. The number of aliphatic hydroxyl groups excluding tert-OH is 1. The highest BCUT2D eigenvalue weighted by atomic mass is 16.3. The van der Waals surface area contributed by atoms with Crippen molar-refractivity contribution in [1.29, 1.82) is 0 Å². The van der Waals surface area contributed by atoms with E-state index >= 15 is 0 Å². The molecule has 1 aliphatic rings. The van der Waals surface area contributed by atoms with Gasteiger partial charge < -0.3 is 20.8 Å². The van der Waals surface area contributed by atoms with Gasteiger partial charge in [0.25, 0.3) is 0 Å². The van der Waals surface area contributed by atoms with Crippen LogP contribution in [0.15, 0.2) is 54.6 Å². The number of β-amino-alcohol motifs (C(OH)–C–C–N with tert-alkyl or cyclic N) is 1. The fraction of sp³-hybridized carbons (Fsp3) is 0.238. The summed E-state index contributed by atoms with van der Waals surface area (Å²) >= 11 is 0. The van der Waals surface area contributed by atoms with Crippen LogP contribution in [0.25, 0.3) is 10.8 Å². The van der Waals surface area contributed by atoms with Crippen LogP contribution in [0.3, 0.4) is 0 Å². The van der Waals surface area contributed by atoms with Gasteiger partial charge in [-0.25, -0.2) is 0 Å². The molecule has 3 aromatic carbocycles. The molecule has 0 bridgehead atoms. The third kappa shape index (κ3) is 2.89. The summed E-state index contributed by atoms with van der Waals surface area (Å²) in [6.07, 6.45) is 1.09. The van der Waals surface area contributed by atoms with Crippen LogP contribution in [-0.2, 0) is 12.8 Å². The fourth-order valence-electron chi connectivity index (χ4n) is 3.85. The number of nitrogens with zero attached hydrogens (tertiary/aromatic N) is 1. The van der Waals surface area contributed by atoms with Crippen molar-refractivity contribution < 1.29 is 10.2 Å². The van der Waals surface area contributed by atoms with Gasteiger partial charge in [-0.05, 0) is 29.7 Å². The van der Waals surface area contributed by atoms with Gasteiger partial charge in [-0.15, -0.1) is 0 Å². The molecule has 4 N–H and O–H groups in total. The van der Waals surface area contributed by atoms with Gasteiger partial charge in [0.1, 0.15) is 5.75 Å². The lowest BCUT2D eigenvalue weighted by atomic mass is 9.93. The minimum absolute atomic E-state index is 0.201. The number of anilines is 2. The molecule has 4 heteroatoms. The van der Waals surface area contributed by atoms with Crippen LogP contribution in [0.4, 0.5) is 11.4 Å². The highest BCUT2D eigenvalue weighted by Crippen LogP contribution is 2.41. The first-order chi connectivity index (χ1) is 12.1. The van der Waals surface area contributed by atoms with Crippen LogP contribution in [-0.4, -0.2) is 29.4 Å². The third-order valence-electron chi connectivity index (χ3n) is 4.94. The molecule has 4 rings (SSSR count). The normalized spacial score (nSPS) is 16.8. The topological polar surface area (TPSA) is 69.7 Å². The minimum atomic E-state index is -0.405. The van der Waals surface area contributed by atoms with Crippen molar-refractivity contribution in [1.82, 2.24) is 0 Å². The molecule has 1 unspecified atom stereocenters. The van der Waals surface area contributed by atoms with E-state index in [0.717, 1.165) is 29.6 Å². The van der Waals surface area contributed by atoms with Gasteiger partial charge in [0.2, 0.25) is 0 Å². The molecule has 0 fully saturated rings. The first-order valence-corrected chi connectivity index (χ1v) is 8.63. The second-order valence-electron chi connectivity index (χ2n) is 6.71. The smallest absolute Gasteiger partial charge is 0.125 e. The maximum absolute atomic E-state index is 10.3. The molecule has 0 radical (unpaired) electrons. The standard InChI is InChI=1S/C21H22N2O2/c22-18-12-15-11-16(24)13-23(10-9-14-5-2-1-3-6-14)21(15)17-7-4-8-19(25)20(17)18/h1-8,12,16,24-25H,9-11,13,22H2. The fourth-order valence-corrected chi connectivity index (χ4v) is 3.85. The average Bonchev–Trinajstić information content (AvgIpc) is 2.60. The van der Waals surface area contributed by atoms with E-state index in [1.165, 1.54) is 5.56 Å². The van der Waals surface area contributed by atoms with Crippen LogP contribution in [0, 0.1) is 0 Å². The van der Waals surface area contributed by atoms with Crippen LogP contribution in [0.1, 0.15) is 11.1 Å². The number of phenolic OH excluding ortho intramolecular Hbond substituents is 1. The Kier molecular flexibility index (Phi) is 3.98. The van der Waals surface area contributed by atoms with Crippen LogP contribution < -0.4 is 10.6 Å². The number of nitrogens with two attached hydrogens (primary N) is 1. The number of phenols is 1. The molecule has 0 aromatic heterocycles. The molecule has 3 aromatic rings. The largest absolute Gasteiger partial charge is 0.507 e. The molecule has 0 aliphatic carbocycles. The number of rotatable bonds is 3. The van der Waals surface area contributed by atoms with Crippen LogP contribution >= 0.6 is 0 Å². The van der Waals surface area contributed by atoms with Crippen molar-refractivity contribution in [3.63, 3.8) is 0 Å². The number of aliphatic hydroxyl groups is 1. The summed E-state index contributed by atoms with van der Waals surface area (Å²) < 4.78 is 0. The number of aromatic hydroxyl groups is 1. The van der Waals surface area contributed by atoms with E-state index in [-0.39, 0.29) is 5.75 Å². The molecule has 0 spiro atoms. The quantitative estimate of drug-likeness (QED) is 0.644. The number of nitrogen functional groups attached to an aromatic ring is 1. The van der Waals surface area contributed by atoms with Gasteiger partial charge in [0.15, 0.2) is 0 Å². The van der Waals surface area contributed by atoms with Gasteiger partial charge in [-0.3, -0.25) is 0 Å². The Morgan fingerprint density at radius 2 is 1.88 bits per heavy atom. The molecule has 0 amide bonds. The van der Waals surface area contributed by atoms with E-state index in [9.17, 15) is 10.2 Å². The van der Waals surface area contributed by atoms with E-state index in [1.807, 2.05) is 36.4 Å². The van der Waals surface area contributed by atoms with Crippen molar-refractivity contribution in [2.24, 2.45) is 0 Å². The number of hydrogen-bond acceptors (Lipinski definition) is 4. The second-order valence-corrected chi connectivity index (χ2v) is 6.71. The monoisotopic (exact) mass is 334 g/mol. The minimum Gasteiger partial charge on any atom is -0.507 e. The van der Waals surface area contributed by atoms with Crippen LogP contribution in [0.5, 0.6) is 5.75 Å². The molecule has 25 heavy (non-hydrogen) atoms. The zero-order chi connectivity index (χ0) is 17.4. The predicted octanol–water partition coefficient (Wildman–Crippen LogP) is 3.09. The van der Waals surface area contributed by atoms with Crippen LogP contribution in [0.2, 0.25) is 0 Å². The predicted molar refractivity (Wildman–Crippen MR) is 102 cm³/mol. The lowest BCUT2D eigenvalue weighted by Crippen LogP contribution is -2.39. The van der Waals surface area contributed by atoms with Gasteiger partial charge in [-0.2, -0.15) is 0 Å². The third-order valence-corrected chi connectivity index (χ3v) is 4.94. The van der Waals surface area contributed by atoms with Crippen molar-refractivity contribution in [2.45, 2.75) is 18.9 Å². The van der Waals surface area contributed by atoms with Crippen molar-refractivity contribution in [3.8, 4) is 5.75 Å². The summed E-state index contributed by atoms with van der Waals surface area (Å²) in [5, 5.41) is 22.2. The summed E-state index contributed by atoms with van der Waals surface area (Å²) in [5.74, 6) is 0.201. The van der Waals surface area contributed by atoms with Gasteiger partial charge in [0, 0.05) is 41.7 Å². The molecule has 0 saturated heterocycles. The zero-order valence-corrected chi connectivity index (χ0v) is 14.0.